The summed E-state index contributed by atoms with van der Waals surface area (Å²) in [5.74, 6) is -0.993. The number of urea groups is 1. The summed E-state index contributed by atoms with van der Waals surface area (Å²) in [6, 6.07) is -0.453. The molecule has 0 aromatic heterocycles. The molecule has 0 aromatic rings. The third-order valence-corrected chi connectivity index (χ3v) is 4.04. The van der Waals surface area contributed by atoms with Crippen LogP contribution < -0.4 is 5.32 Å². The molecule has 4 unspecified atom stereocenters. The van der Waals surface area contributed by atoms with Crippen LogP contribution in [0.25, 0.3) is 0 Å². The van der Waals surface area contributed by atoms with Crippen LogP contribution in [0.3, 0.4) is 0 Å². The maximum Gasteiger partial charge on any atom is 0.317 e. The van der Waals surface area contributed by atoms with Gasteiger partial charge in [0.2, 0.25) is 0 Å². The van der Waals surface area contributed by atoms with Gasteiger partial charge in [0.1, 0.15) is 0 Å². The average molecular weight is 276 g/mol. The number of carboxylic acids is 1. The van der Waals surface area contributed by atoms with E-state index in [9.17, 15) is 13.8 Å². The normalized spacial score (nSPS) is 26.7. The number of carbonyl (C=O) groups is 2. The smallest absolute Gasteiger partial charge is 0.317 e. The van der Waals surface area contributed by atoms with Crippen LogP contribution >= 0.6 is 0 Å². The van der Waals surface area contributed by atoms with Crippen molar-refractivity contribution in [3.05, 3.63) is 0 Å². The standard InChI is InChI=1S/C11H20N2O4S/c1-7-4-13(5-9(7)10(14)15)11(16)12-8(2)6-18(3)17/h7-9H,4-6H2,1-3H3,(H,12,16)(H,14,15). The molecule has 1 rings (SSSR count). The second kappa shape index (κ2) is 6.17. The van der Waals surface area contributed by atoms with Gasteiger partial charge in [-0.05, 0) is 12.8 Å². The molecule has 2 N–H and O–H groups in total. The van der Waals surface area contributed by atoms with Gasteiger partial charge >= 0.3 is 12.0 Å². The Kier molecular flexibility index (Phi) is 5.13. The van der Waals surface area contributed by atoms with E-state index < -0.39 is 22.7 Å². The summed E-state index contributed by atoms with van der Waals surface area (Å²) in [6.45, 7) is 4.30. The van der Waals surface area contributed by atoms with Gasteiger partial charge < -0.3 is 15.3 Å². The van der Waals surface area contributed by atoms with Crippen LogP contribution in [-0.4, -0.2) is 57.4 Å². The second-order valence-corrected chi connectivity index (χ2v) is 6.40. The van der Waals surface area contributed by atoms with E-state index in [0.29, 0.717) is 12.3 Å². The average Bonchev–Trinajstić information content (AvgIpc) is 2.58. The highest BCUT2D eigenvalue weighted by Gasteiger charge is 2.37. The van der Waals surface area contributed by atoms with Crippen LogP contribution in [-0.2, 0) is 15.6 Å². The lowest BCUT2D eigenvalue weighted by Crippen LogP contribution is -2.44. The zero-order valence-electron chi connectivity index (χ0n) is 10.9. The number of likely N-dealkylation sites (tertiary alicyclic amines) is 1. The van der Waals surface area contributed by atoms with Crippen molar-refractivity contribution in [3.8, 4) is 0 Å². The molecule has 1 aliphatic rings. The van der Waals surface area contributed by atoms with Crippen molar-refractivity contribution in [2.24, 2.45) is 11.8 Å². The molecule has 6 nitrogen and oxygen atoms in total. The molecule has 0 spiro atoms. The fraction of sp³-hybridized carbons (Fsp3) is 0.818. The Labute approximate surface area is 109 Å². The first-order valence-corrected chi connectivity index (χ1v) is 7.62. The Morgan fingerprint density at radius 2 is 2.11 bits per heavy atom. The maximum atomic E-state index is 11.9. The Balaban J connectivity index is 2.49. The lowest BCUT2D eigenvalue weighted by atomic mass is 9.99. The summed E-state index contributed by atoms with van der Waals surface area (Å²) in [7, 11) is -0.962. The van der Waals surface area contributed by atoms with E-state index in [2.05, 4.69) is 5.32 Å². The number of rotatable bonds is 4. The highest BCUT2D eigenvalue weighted by atomic mass is 32.2. The summed E-state index contributed by atoms with van der Waals surface area (Å²) in [5.41, 5.74) is 0. The minimum absolute atomic E-state index is 0.0381. The number of aliphatic carboxylic acids is 1. The fourth-order valence-corrected chi connectivity index (χ4v) is 2.94. The fourth-order valence-electron chi connectivity index (χ4n) is 2.15. The van der Waals surface area contributed by atoms with Crippen molar-refractivity contribution in [2.45, 2.75) is 19.9 Å². The number of carbonyl (C=O) groups excluding carboxylic acids is 1. The van der Waals surface area contributed by atoms with Gasteiger partial charge in [0.25, 0.3) is 0 Å². The van der Waals surface area contributed by atoms with Crippen LogP contribution in [0, 0.1) is 11.8 Å². The lowest BCUT2D eigenvalue weighted by molar-refractivity contribution is -0.142. The summed E-state index contributed by atoms with van der Waals surface area (Å²) >= 11 is 0. The predicted molar refractivity (Wildman–Crippen MR) is 68.8 cm³/mol. The van der Waals surface area contributed by atoms with Gasteiger partial charge in [-0.15, -0.1) is 0 Å². The first kappa shape index (κ1) is 14.9. The summed E-state index contributed by atoms with van der Waals surface area (Å²) in [4.78, 5) is 24.3. The molecule has 1 aliphatic heterocycles. The molecule has 0 radical (unpaired) electrons. The molecule has 1 heterocycles. The van der Waals surface area contributed by atoms with Crippen LogP contribution in [0.5, 0.6) is 0 Å². The largest absolute Gasteiger partial charge is 0.481 e. The summed E-state index contributed by atoms with van der Waals surface area (Å²) < 4.78 is 11.0. The van der Waals surface area contributed by atoms with E-state index in [-0.39, 0.29) is 24.5 Å². The SMILES string of the molecule is CC(CS(C)=O)NC(=O)N1CC(C)C(C(=O)O)C1. The molecular formula is C11H20N2O4S. The summed E-state index contributed by atoms with van der Waals surface area (Å²) in [5, 5.41) is 11.7. The van der Waals surface area contributed by atoms with Crippen molar-refractivity contribution in [1.29, 1.82) is 0 Å². The zero-order chi connectivity index (χ0) is 13.9. The van der Waals surface area contributed by atoms with Crippen molar-refractivity contribution >= 4 is 22.8 Å². The Hall–Kier alpha value is -1.11. The van der Waals surface area contributed by atoms with E-state index in [0.717, 1.165) is 0 Å². The molecule has 18 heavy (non-hydrogen) atoms. The molecule has 1 fully saturated rings. The van der Waals surface area contributed by atoms with Gasteiger partial charge in [-0.2, -0.15) is 0 Å². The van der Waals surface area contributed by atoms with E-state index in [4.69, 9.17) is 5.11 Å². The van der Waals surface area contributed by atoms with Crippen LogP contribution in [0.1, 0.15) is 13.8 Å². The minimum atomic E-state index is -0.962. The highest BCUT2D eigenvalue weighted by Crippen LogP contribution is 2.23. The molecule has 2 amide bonds. The van der Waals surface area contributed by atoms with Crippen LogP contribution in [0.15, 0.2) is 0 Å². The molecule has 1 saturated heterocycles. The zero-order valence-corrected chi connectivity index (χ0v) is 11.7. The number of nitrogens with zero attached hydrogens (tertiary/aromatic N) is 1. The van der Waals surface area contributed by atoms with E-state index >= 15 is 0 Å². The van der Waals surface area contributed by atoms with Gasteiger partial charge in [-0.3, -0.25) is 9.00 Å². The minimum Gasteiger partial charge on any atom is -0.481 e. The van der Waals surface area contributed by atoms with Gasteiger partial charge in [0.15, 0.2) is 0 Å². The molecule has 0 aliphatic carbocycles. The Bertz CT molecular complexity index is 361. The third kappa shape index (κ3) is 3.97. The van der Waals surface area contributed by atoms with Crippen molar-refractivity contribution in [3.63, 3.8) is 0 Å². The maximum absolute atomic E-state index is 11.9. The first-order chi connectivity index (χ1) is 8.31. The Morgan fingerprint density at radius 1 is 1.50 bits per heavy atom. The molecule has 0 saturated carbocycles. The molecule has 4 atom stereocenters. The van der Waals surface area contributed by atoms with Gasteiger partial charge in [-0.25, -0.2) is 4.79 Å². The van der Waals surface area contributed by atoms with Crippen molar-refractivity contribution < 1.29 is 18.9 Å². The second-order valence-electron chi connectivity index (χ2n) is 4.92. The highest BCUT2D eigenvalue weighted by molar-refractivity contribution is 7.84. The molecule has 0 bridgehead atoms. The first-order valence-electron chi connectivity index (χ1n) is 5.89. The van der Waals surface area contributed by atoms with Crippen LogP contribution in [0.2, 0.25) is 0 Å². The molecule has 0 aromatic carbocycles. The quantitative estimate of drug-likeness (QED) is 0.763. The van der Waals surface area contributed by atoms with E-state index in [1.54, 1.807) is 13.2 Å². The van der Waals surface area contributed by atoms with E-state index in [1.807, 2.05) is 6.92 Å². The molecular weight excluding hydrogens is 256 g/mol. The number of hydrogen-bond acceptors (Lipinski definition) is 3. The topological polar surface area (TPSA) is 86.7 Å². The number of amides is 2. The van der Waals surface area contributed by atoms with Crippen molar-refractivity contribution in [2.75, 3.05) is 25.1 Å². The number of hydrogen-bond donors (Lipinski definition) is 2. The molecule has 104 valence electrons. The predicted octanol–water partition coefficient (Wildman–Crippen LogP) is 0.116. The summed E-state index contributed by atoms with van der Waals surface area (Å²) in [6.07, 6.45) is 1.58. The monoisotopic (exact) mass is 276 g/mol. The van der Waals surface area contributed by atoms with Gasteiger partial charge in [0.05, 0.1) is 5.92 Å². The molecule has 7 heteroatoms. The van der Waals surface area contributed by atoms with Crippen molar-refractivity contribution in [1.82, 2.24) is 10.2 Å². The number of nitrogens with one attached hydrogen (secondary N) is 1. The van der Waals surface area contributed by atoms with Crippen LogP contribution in [0.4, 0.5) is 4.79 Å². The van der Waals surface area contributed by atoms with Gasteiger partial charge in [0, 0.05) is 41.9 Å². The number of carboxylic acid groups (broad SMARTS) is 1. The van der Waals surface area contributed by atoms with E-state index in [1.165, 1.54) is 4.90 Å². The Morgan fingerprint density at radius 3 is 2.56 bits per heavy atom. The third-order valence-electron chi connectivity index (χ3n) is 3.07. The van der Waals surface area contributed by atoms with Gasteiger partial charge in [-0.1, -0.05) is 6.92 Å². The lowest BCUT2D eigenvalue weighted by Gasteiger charge is -2.20.